The number of nitrogens with one attached hydrogen (secondary N) is 1. The van der Waals surface area contributed by atoms with Crippen LogP contribution in [0.1, 0.15) is 32.8 Å². The number of rotatable bonds is 8. The molecule has 1 aliphatic rings. The fourth-order valence-corrected chi connectivity index (χ4v) is 2.01. The minimum Gasteiger partial charge on any atom is -0.493 e. The summed E-state index contributed by atoms with van der Waals surface area (Å²) in [5.74, 6) is 2.37. The molecule has 2 rings (SSSR count). The van der Waals surface area contributed by atoms with Gasteiger partial charge in [0, 0.05) is 31.7 Å². The third-order valence-corrected chi connectivity index (χ3v) is 3.64. The summed E-state index contributed by atoms with van der Waals surface area (Å²) in [6.45, 7) is 8.70. The molecular formula is C16H25NO4. The molecule has 0 radical (unpaired) electrons. The summed E-state index contributed by atoms with van der Waals surface area (Å²) in [4.78, 5) is 0. The molecule has 0 saturated heterocycles. The van der Waals surface area contributed by atoms with E-state index in [1.807, 2.05) is 12.1 Å². The molecule has 0 aliphatic carbocycles. The Morgan fingerprint density at radius 3 is 2.62 bits per heavy atom. The highest BCUT2D eigenvalue weighted by Gasteiger charge is 2.20. The molecule has 1 aromatic rings. The van der Waals surface area contributed by atoms with Crippen LogP contribution >= 0.6 is 0 Å². The van der Waals surface area contributed by atoms with Crippen LogP contribution in [0.25, 0.3) is 0 Å². The summed E-state index contributed by atoms with van der Waals surface area (Å²) in [6.07, 6.45) is 0.818. The van der Waals surface area contributed by atoms with Crippen LogP contribution in [0.5, 0.6) is 17.2 Å². The fourth-order valence-electron chi connectivity index (χ4n) is 2.01. The maximum atomic E-state index is 5.94. The average Bonchev–Trinajstić information content (AvgIpc) is 2.91. The van der Waals surface area contributed by atoms with Gasteiger partial charge in [-0.15, -0.1) is 0 Å². The number of methoxy groups -OCH3 is 1. The van der Waals surface area contributed by atoms with Gasteiger partial charge in [0.1, 0.15) is 5.75 Å². The normalized spacial score (nSPS) is 13.5. The van der Waals surface area contributed by atoms with Crippen LogP contribution in [-0.2, 0) is 11.3 Å². The minimum absolute atomic E-state index is 0.182. The van der Waals surface area contributed by atoms with Gasteiger partial charge in [0.15, 0.2) is 11.5 Å². The number of fused-ring (bicyclic) bond motifs is 1. The van der Waals surface area contributed by atoms with Gasteiger partial charge in [0.25, 0.3) is 0 Å². The summed E-state index contributed by atoms with van der Waals surface area (Å²) in [5, 5.41) is 3.31. The van der Waals surface area contributed by atoms with Gasteiger partial charge in [0.2, 0.25) is 6.79 Å². The maximum Gasteiger partial charge on any atom is 0.231 e. The minimum atomic E-state index is -0.182. The van der Waals surface area contributed by atoms with E-state index >= 15 is 0 Å². The van der Waals surface area contributed by atoms with Crippen LogP contribution in [-0.4, -0.2) is 32.7 Å². The Balaban J connectivity index is 2.05. The van der Waals surface area contributed by atoms with Crippen molar-refractivity contribution in [1.82, 2.24) is 5.32 Å². The number of hydrogen-bond donors (Lipinski definition) is 1. The molecule has 1 N–H and O–H groups in total. The summed E-state index contributed by atoms with van der Waals surface area (Å²) in [6, 6.07) is 3.90. The molecule has 0 spiro atoms. The maximum absolute atomic E-state index is 5.94. The van der Waals surface area contributed by atoms with E-state index in [9.17, 15) is 0 Å². The predicted octanol–water partition coefficient (Wildman–Crippen LogP) is 2.72. The molecular weight excluding hydrogens is 270 g/mol. The highest BCUT2D eigenvalue weighted by Crippen LogP contribution is 2.38. The number of hydrogen-bond acceptors (Lipinski definition) is 5. The lowest BCUT2D eigenvalue weighted by molar-refractivity contribution is 0.00536. The molecule has 0 fully saturated rings. The Bertz CT molecular complexity index is 474. The van der Waals surface area contributed by atoms with Crippen LogP contribution in [0.15, 0.2) is 12.1 Å². The van der Waals surface area contributed by atoms with Crippen LogP contribution < -0.4 is 19.5 Å². The first kappa shape index (κ1) is 15.9. The van der Waals surface area contributed by atoms with Crippen molar-refractivity contribution in [2.24, 2.45) is 0 Å². The SMILES string of the molecule is CCNCc1cc2c(cc1OCCC(C)(C)OC)OCO2. The largest absolute Gasteiger partial charge is 0.493 e. The van der Waals surface area contributed by atoms with E-state index in [1.165, 1.54) is 0 Å². The lowest BCUT2D eigenvalue weighted by Crippen LogP contribution is -2.25. The predicted molar refractivity (Wildman–Crippen MR) is 81.1 cm³/mol. The Kier molecular flexibility index (Phi) is 5.31. The van der Waals surface area contributed by atoms with Crippen molar-refractivity contribution >= 4 is 0 Å². The van der Waals surface area contributed by atoms with E-state index in [1.54, 1.807) is 7.11 Å². The Labute approximate surface area is 126 Å². The molecule has 21 heavy (non-hydrogen) atoms. The average molecular weight is 295 g/mol. The van der Waals surface area contributed by atoms with Crippen LogP contribution in [0.2, 0.25) is 0 Å². The Morgan fingerprint density at radius 2 is 1.95 bits per heavy atom. The summed E-state index contributed by atoms with van der Waals surface area (Å²) in [5.41, 5.74) is 0.898. The molecule has 0 atom stereocenters. The summed E-state index contributed by atoms with van der Waals surface area (Å²) in [7, 11) is 1.72. The van der Waals surface area contributed by atoms with E-state index in [0.29, 0.717) is 6.61 Å². The van der Waals surface area contributed by atoms with Crippen molar-refractivity contribution in [1.29, 1.82) is 0 Å². The van der Waals surface area contributed by atoms with Gasteiger partial charge in [-0.3, -0.25) is 0 Å². The van der Waals surface area contributed by atoms with Gasteiger partial charge in [-0.25, -0.2) is 0 Å². The fraction of sp³-hybridized carbons (Fsp3) is 0.625. The molecule has 118 valence electrons. The second-order valence-corrected chi connectivity index (χ2v) is 5.66. The quantitative estimate of drug-likeness (QED) is 0.799. The van der Waals surface area contributed by atoms with E-state index in [2.05, 4.69) is 26.1 Å². The van der Waals surface area contributed by atoms with E-state index in [-0.39, 0.29) is 12.4 Å². The second kappa shape index (κ2) is 7.00. The topological polar surface area (TPSA) is 49.0 Å². The first-order chi connectivity index (χ1) is 10.1. The first-order valence-corrected chi connectivity index (χ1v) is 7.37. The van der Waals surface area contributed by atoms with Crippen molar-refractivity contribution in [2.45, 2.75) is 39.3 Å². The van der Waals surface area contributed by atoms with Gasteiger partial charge in [-0.05, 0) is 26.5 Å². The molecule has 5 nitrogen and oxygen atoms in total. The van der Waals surface area contributed by atoms with Crippen molar-refractivity contribution in [3.63, 3.8) is 0 Å². The third-order valence-electron chi connectivity index (χ3n) is 3.64. The van der Waals surface area contributed by atoms with Gasteiger partial charge in [-0.2, -0.15) is 0 Å². The first-order valence-electron chi connectivity index (χ1n) is 7.37. The van der Waals surface area contributed by atoms with Gasteiger partial charge in [-0.1, -0.05) is 6.92 Å². The van der Waals surface area contributed by atoms with E-state index in [4.69, 9.17) is 18.9 Å². The molecule has 0 unspecified atom stereocenters. The second-order valence-electron chi connectivity index (χ2n) is 5.66. The van der Waals surface area contributed by atoms with Crippen molar-refractivity contribution < 1.29 is 18.9 Å². The van der Waals surface area contributed by atoms with Crippen molar-refractivity contribution in [2.75, 3.05) is 27.1 Å². The van der Waals surface area contributed by atoms with E-state index in [0.717, 1.165) is 42.3 Å². The Morgan fingerprint density at radius 1 is 1.24 bits per heavy atom. The standard InChI is InChI=1S/C16H25NO4/c1-5-17-10-12-8-14-15(21-11-20-14)9-13(12)19-7-6-16(2,3)18-4/h8-9,17H,5-7,10-11H2,1-4H3. The zero-order valence-electron chi connectivity index (χ0n) is 13.3. The third kappa shape index (κ3) is 4.25. The van der Waals surface area contributed by atoms with Crippen molar-refractivity contribution in [3.8, 4) is 17.2 Å². The van der Waals surface area contributed by atoms with Crippen LogP contribution in [0.4, 0.5) is 0 Å². The molecule has 0 saturated carbocycles. The molecule has 1 aromatic carbocycles. The van der Waals surface area contributed by atoms with Crippen molar-refractivity contribution in [3.05, 3.63) is 17.7 Å². The van der Waals surface area contributed by atoms with Crippen LogP contribution in [0, 0.1) is 0 Å². The highest BCUT2D eigenvalue weighted by molar-refractivity contribution is 5.51. The number of ether oxygens (including phenoxy) is 4. The summed E-state index contributed by atoms with van der Waals surface area (Å²) < 4.78 is 22.2. The molecule has 0 amide bonds. The zero-order valence-corrected chi connectivity index (χ0v) is 13.3. The number of benzene rings is 1. The molecule has 1 heterocycles. The van der Waals surface area contributed by atoms with E-state index < -0.39 is 0 Å². The van der Waals surface area contributed by atoms with Gasteiger partial charge in [0.05, 0.1) is 12.2 Å². The molecule has 1 aliphatic heterocycles. The lowest BCUT2D eigenvalue weighted by atomic mass is 10.1. The molecule has 5 heteroatoms. The van der Waals surface area contributed by atoms with Crippen LogP contribution in [0.3, 0.4) is 0 Å². The summed E-state index contributed by atoms with van der Waals surface area (Å²) >= 11 is 0. The van der Waals surface area contributed by atoms with Gasteiger partial charge >= 0.3 is 0 Å². The smallest absolute Gasteiger partial charge is 0.231 e. The molecule has 0 aromatic heterocycles. The zero-order chi connectivity index (χ0) is 15.3. The van der Waals surface area contributed by atoms with Gasteiger partial charge < -0.3 is 24.3 Å². The molecule has 0 bridgehead atoms. The highest BCUT2D eigenvalue weighted by atomic mass is 16.7. The monoisotopic (exact) mass is 295 g/mol. The Hall–Kier alpha value is -1.46. The lowest BCUT2D eigenvalue weighted by Gasteiger charge is -2.23.